The zero-order chi connectivity index (χ0) is 12.5. The summed E-state index contributed by atoms with van der Waals surface area (Å²) in [5.41, 5.74) is 5.73. The Balaban J connectivity index is 2.01. The first-order chi connectivity index (χ1) is 8.24. The van der Waals surface area contributed by atoms with Gasteiger partial charge in [0.2, 0.25) is 5.91 Å². The molecule has 1 saturated heterocycles. The second-order valence-electron chi connectivity index (χ2n) is 4.94. The van der Waals surface area contributed by atoms with Crippen LogP contribution in [-0.4, -0.2) is 43.0 Å². The number of nitrogens with two attached hydrogens (primary N) is 1. The van der Waals surface area contributed by atoms with Gasteiger partial charge in [0.1, 0.15) is 0 Å². The van der Waals surface area contributed by atoms with Gasteiger partial charge >= 0.3 is 0 Å². The second kappa shape index (κ2) is 8.48. The molecule has 1 atom stereocenters. The van der Waals surface area contributed by atoms with E-state index in [1.807, 2.05) is 6.92 Å². The van der Waals surface area contributed by atoms with Crippen molar-refractivity contribution in [2.45, 2.75) is 51.5 Å². The van der Waals surface area contributed by atoms with Crippen LogP contribution in [0.1, 0.15) is 45.4 Å². The van der Waals surface area contributed by atoms with Gasteiger partial charge in [-0.25, -0.2) is 0 Å². The highest BCUT2D eigenvalue weighted by molar-refractivity contribution is 5.81. The smallest absolute Gasteiger partial charge is 0.236 e. The number of hydrogen-bond donors (Lipinski definition) is 2. The van der Waals surface area contributed by atoms with E-state index in [0.717, 1.165) is 32.4 Å². The molecule has 17 heavy (non-hydrogen) atoms. The molecule has 100 valence electrons. The van der Waals surface area contributed by atoms with E-state index in [2.05, 4.69) is 10.2 Å². The van der Waals surface area contributed by atoms with Crippen molar-refractivity contribution in [1.82, 2.24) is 10.2 Å². The largest absolute Gasteiger partial charge is 0.355 e. The zero-order valence-corrected chi connectivity index (χ0v) is 11.1. The fourth-order valence-electron chi connectivity index (χ4n) is 2.27. The van der Waals surface area contributed by atoms with Gasteiger partial charge in [0.15, 0.2) is 0 Å². The highest BCUT2D eigenvalue weighted by atomic mass is 16.2. The monoisotopic (exact) mass is 241 g/mol. The summed E-state index contributed by atoms with van der Waals surface area (Å²) in [4.78, 5) is 14.0. The summed E-state index contributed by atoms with van der Waals surface area (Å²) in [6.45, 7) is 6.35. The molecule has 0 bridgehead atoms. The number of nitrogens with one attached hydrogen (secondary N) is 1. The van der Waals surface area contributed by atoms with Crippen LogP contribution in [0.3, 0.4) is 0 Å². The minimum absolute atomic E-state index is 0.00509. The maximum atomic E-state index is 11.5. The molecule has 4 nitrogen and oxygen atoms in total. The summed E-state index contributed by atoms with van der Waals surface area (Å²) in [6.07, 6.45) is 6.80. The van der Waals surface area contributed by atoms with Crippen molar-refractivity contribution in [3.8, 4) is 0 Å². The van der Waals surface area contributed by atoms with Crippen molar-refractivity contribution in [3.05, 3.63) is 0 Å². The number of rotatable bonds is 7. The lowest BCUT2D eigenvalue weighted by Gasteiger charge is -2.26. The first kappa shape index (κ1) is 14.5. The number of carbonyl (C=O) groups excluding carboxylic acids is 1. The molecule has 1 aliphatic rings. The Morgan fingerprint density at radius 3 is 2.71 bits per heavy atom. The van der Waals surface area contributed by atoms with E-state index in [9.17, 15) is 4.79 Å². The summed E-state index contributed by atoms with van der Waals surface area (Å²) in [5, 5.41) is 2.92. The van der Waals surface area contributed by atoms with Crippen molar-refractivity contribution in [1.29, 1.82) is 0 Å². The number of piperidine rings is 1. The predicted molar refractivity (Wildman–Crippen MR) is 70.8 cm³/mol. The van der Waals surface area contributed by atoms with Crippen LogP contribution in [0.25, 0.3) is 0 Å². The van der Waals surface area contributed by atoms with Gasteiger partial charge in [0.05, 0.1) is 6.04 Å². The van der Waals surface area contributed by atoms with Crippen molar-refractivity contribution in [2.75, 3.05) is 26.2 Å². The highest BCUT2D eigenvalue weighted by Crippen LogP contribution is 2.08. The van der Waals surface area contributed by atoms with Crippen LogP contribution in [0.5, 0.6) is 0 Å². The fraction of sp³-hybridized carbons (Fsp3) is 0.923. The third kappa shape index (κ3) is 6.03. The molecule has 3 N–H and O–H groups in total. The molecule has 0 aromatic rings. The summed E-state index contributed by atoms with van der Waals surface area (Å²) < 4.78 is 0. The predicted octanol–water partition coefficient (Wildman–Crippen LogP) is 1.11. The van der Waals surface area contributed by atoms with E-state index in [0.29, 0.717) is 0 Å². The molecular formula is C13H27N3O. The summed E-state index contributed by atoms with van der Waals surface area (Å²) >= 11 is 0. The SMILES string of the molecule is CCC[C@@H](N)C(=O)NCCCN1CCCCC1. The standard InChI is InChI=1S/C13H27N3O/c1-2-7-12(14)13(17)15-8-6-11-16-9-4-3-5-10-16/h12H,2-11,14H2,1H3,(H,15,17)/t12-/m1/s1. The molecule has 0 saturated carbocycles. The van der Waals surface area contributed by atoms with E-state index in [4.69, 9.17) is 5.73 Å². The molecule has 0 aliphatic carbocycles. The van der Waals surface area contributed by atoms with E-state index in [1.165, 1.54) is 32.4 Å². The molecule has 1 rings (SSSR count). The lowest BCUT2D eigenvalue weighted by molar-refractivity contribution is -0.122. The average Bonchev–Trinajstić information content (AvgIpc) is 2.36. The van der Waals surface area contributed by atoms with Gasteiger partial charge < -0.3 is 16.0 Å². The topological polar surface area (TPSA) is 58.4 Å². The maximum absolute atomic E-state index is 11.5. The molecule has 0 aromatic heterocycles. The van der Waals surface area contributed by atoms with Crippen LogP contribution in [-0.2, 0) is 4.79 Å². The van der Waals surface area contributed by atoms with Gasteiger partial charge in [0.25, 0.3) is 0 Å². The molecule has 0 radical (unpaired) electrons. The van der Waals surface area contributed by atoms with Crippen LogP contribution in [0, 0.1) is 0 Å². The number of carbonyl (C=O) groups is 1. The van der Waals surface area contributed by atoms with Crippen molar-refractivity contribution in [2.24, 2.45) is 5.73 Å². The molecule has 0 spiro atoms. The lowest BCUT2D eigenvalue weighted by atomic mass is 10.1. The molecule has 0 unspecified atom stereocenters. The Bertz CT molecular complexity index is 215. The zero-order valence-electron chi connectivity index (χ0n) is 11.1. The van der Waals surface area contributed by atoms with E-state index in [1.54, 1.807) is 0 Å². The summed E-state index contributed by atoms with van der Waals surface area (Å²) in [5.74, 6) is 0.00509. The Labute approximate surface area is 105 Å². The number of nitrogens with zero attached hydrogens (tertiary/aromatic N) is 1. The summed E-state index contributed by atoms with van der Waals surface area (Å²) in [7, 11) is 0. The molecule has 1 aliphatic heterocycles. The Hall–Kier alpha value is -0.610. The molecular weight excluding hydrogens is 214 g/mol. The number of amides is 1. The Kier molecular flexibility index (Phi) is 7.21. The van der Waals surface area contributed by atoms with Gasteiger partial charge in [0, 0.05) is 6.54 Å². The third-order valence-electron chi connectivity index (χ3n) is 3.34. The maximum Gasteiger partial charge on any atom is 0.236 e. The van der Waals surface area contributed by atoms with Gasteiger partial charge in [-0.3, -0.25) is 4.79 Å². The molecule has 1 heterocycles. The van der Waals surface area contributed by atoms with Gasteiger partial charge in [-0.1, -0.05) is 19.8 Å². The number of likely N-dealkylation sites (tertiary alicyclic amines) is 1. The third-order valence-corrected chi connectivity index (χ3v) is 3.34. The quantitative estimate of drug-likeness (QED) is 0.656. The minimum atomic E-state index is -0.324. The highest BCUT2D eigenvalue weighted by Gasteiger charge is 2.12. The molecule has 1 fully saturated rings. The van der Waals surface area contributed by atoms with Gasteiger partial charge in [-0.2, -0.15) is 0 Å². The van der Waals surface area contributed by atoms with Gasteiger partial charge in [-0.05, 0) is 45.3 Å². The first-order valence-electron chi connectivity index (χ1n) is 6.99. The fourth-order valence-corrected chi connectivity index (χ4v) is 2.27. The molecule has 1 amide bonds. The average molecular weight is 241 g/mol. The minimum Gasteiger partial charge on any atom is -0.355 e. The molecule has 0 aromatic carbocycles. The van der Waals surface area contributed by atoms with Crippen LogP contribution in [0.4, 0.5) is 0 Å². The van der Waals surface area contributed by atoms with Crippen LogP contribution in [0.2, 0.25) is 0 Å². The van der Waals surface area contributed by atoms with E-state index >= 15 is 0 Å². The Morgan fingerprint density at radius 2 is 2.06 bits per heavy atom. The second-order valence-corrected chi connectivity index (χ2v) is 4.94. The van der Waals surface area contributed by atoms with E-state index < -0.39 is 0 Å². The van der Waals surface area contributed by atoms with Crippen molar-refractivity contribution in [3.63, 3.8) is 0 Å². The van der Waals surface area contributed by atoms with Crippen molar-refractivity contribution >= 4 is 5.91 Å². The Morgan fingerprint density at radius 1 is 1.35 bits per heavy atom. The van der Waals surface area contributed by atoms with Crippen LogP contribution < -0.4 is 11.1 Å². The van der Waals surface area contributed by atoms with Crippen molar-refractivity contribution < 1.29 is 4.79 Å². The van der Waals surface area contributed by atoms with E-state index in [-0.39, 0.29) is 11.9 Å². The normalized spacial score (nSPS) is 18.9. The lowest BCUT2D eigenvalue weighted by Crippen LogP contribution is -2.41. The van der Waals surface area contributed by atoms with Crippen LogP contribution >= 0.6 is 0 Å². The van der Waals surface area contributed by atoms with Gasteiger partial charge in [-0.15, -0.1) is 0 Å². The first-order valence-corrected chi connectivity index (χ1v) is 6.99. The summed E-state index contributed by atoms with van der Waals surface area (Å²) in [6, 6.07) is -0.324. The van der Waals surface area contributed by atoms with Crippen LogP contribution in [0.15, 0.2) is 0 Å². The molecule has 4 heteroatoms. The number of hydrogen-bond acceptors (Lipinski definition) is 3.